The van der Waals surface area contributed by atoms with E-state index in [4.69, 9.17) is 0 Å². The predicted octanol–water partition coefficient (Wildman–Crippen LogP) is 1.69. The van der Waals surface area contributed by atoms with E-state index in [1.807, 2.05) is 0 Å². The molecule has 4 rings (SSSR count). The van der Waals surface area contributed by atoms with E-state index in [2.05, 4.69) is 25.9 Å². The van der Waals surface area contributed by atoms with Crippen LogP contribution >= 0.6 is 0 Å². The summed E-state index contributed by atoms with van der Waals surface area (Å²) < 4.78 is 3.94. The quantitative estimate of drug-likeness (QED) is 0.857. The van der Waals surface area contributed by atoms with Gasteiger partial charge in [0.25, 0.3) is 5.56 Å². The standard InChI is InChI=1S/C18H25N5O/c24-18-4-7-19-14-22(18)12-15-5-9-21(10-6-15)13-16-11-20-23-8-2-1-3-17(16)23/h4,7,11,14-15H,1-3,5-6,8-10,12-13H2. The number of hydrogen-bond acceptors (Lipinski definition) is 4. The van der Waals surface area contributed by atoms with Crippen LogP contribution in [-0.2, 0) is 26.1 Å². The van der Waals surface area contributed by atoms with E-state index in [-0.39, 0.29) is 5.56 Å². The van der Waals surface area contributed by atoms with Crippen molar-refractivity contribution >= 4 is 0 Å². The lowest BCUT2D eigenvalue weighted by molar-refractivity contribution is 0.165. The van der Waals surface area contributed by atoms with Crippen LogP contribution in [0.5, 0.6) is 0 Å². The molecule has 0 radical (unpaired) electrons. The maximum absolute atomic E-state index is 11.8. The third kappa shape index (κ3) is 3.29. The minimum atomic E-state index is 0.0546. The summed E-state index contributed by atoms with van der Waals surface area (Å²) in [4.78, 5) is 18.4. The van der Waals surface area contributed by atoms with E-state index in [0.29, 0.717) is 5.92 Å². The van der Waals surface area contributed by atoms with Gasteiger partial charge in [0.15, 0.2) is 0 Å². The minimum absolute atomic E-state index is 0.0546. The van der Waals surface area contributed by atoms with Crippen LogP contribution in [0.4, 0.5) is 0 Å². The molecule has 4 heterocycles. The third-order valence-electron chi connectivity index (χ3n) is 5.42. The summed E-state index contributed by atoms with van der Waals surface area (Å²) in [6.07, 6.45) is 11.3. The second-order valence-electron chi connectivity index (χ2n) is 7.09. The Hall–Kier alpha value is -1.95. The van der Waals surface area contributed by atoms with Gasteiger partial charge in [0.2, 0.25) is 0 Å². The van der Waals surface area contributed by atoms with E-state index in [1.165, 1.54) is 30.5 Å². The molecule has 0 N–H and O–H groups in total. The number of rotatable bonds is 4. The van der Waals surface area contributed by atoms with Crippen molar-refractivity contribution in [1.82, 2.24) is 24.2 Å². The fourth-order valence-corrected chi connectivity index (χ4v) is 3.98. The topological polar surface area (TPSA) is 56.0 Å². The molecular formula is C18H25N5O. The molecule has 0 aromatic carbocycles. The van der Waals surface area contributed by atoms with Gasteiger partial charge >= 0.3 is 0 Å². The van der Waals surface area contributed by atoms with Crippen LogP contribution in [0.1, 0.15) is 36.9 Å². The van der Waals surface area contributed by atoms with Crippen molar-refractivity contribution in [3.05, 3.63) is 46.4 Å². The molecule has 0 bridgehead atoms. The lowest BCUT2D eigenvalue weighted by atomic mass is 9.96. The Labute approximate surface area is 142 Å². The fraction of sp³-hybridized carbons (Fsp3) is 0.611. The summed E-state index contributed by atoms with van der Waals surface area (Å²) in [6, 6.07) is 1.54. The molecule has 2 aromatic rings. The summed E-state index contributed by atoms with van der Waals surface area (Å²) in [6.45, 7) is 5.10. The molecule has 1 saturated heterocycles. The number of hydrogen-bond donors (Lipinski definition) is 0. The van der Waals surface area contributed by atoms with E-state index in [9.17, 15) is 4.79 Å². The van der Waals surface area contributed by atoms with E-state index in [0.717, 1.165) is 45.6 Å². The van der Waals surface area contributed by atoms with Gasteiger partial charge in [0, 0.05) is 43.2 Å². The van der Waals surface area contributed by atoms with Crippen LogP contribution in [0.25, 0.3) is 0 Å². The SMILES string of the molecule is O=c1ccncn1CC1CCN(Cc2cnn3c2CCCC3)CC1. The van der Waals surface area contributed by atoms with E-state index >= 15 is 0 Å². The van der Waals surface area contributed by atoms with Gasteiger partial charge in [-0.25, -0.2) is 4.98 Å². The highest BCUT2D eigenvalue weighted by atomic mass is 16.1. The third-order valence-corrected chi connectivity index (χ3v) is 5.42. The smallest absolute Gasteiger partial charge is 0.253 e. The van der Waals surface area contributed by atoms with Crippen LogP contribution < -0.4 is 5.56 Å². The first-order valence-corrected chi connectivity index (χ1v) is 9.06. The second-order valence-corrected chi connectivity index (χ2v) is 7.09. The Balaban J connectivity index is 1.33. The summed E-state index contributed by atoms with van der Waals surface area (Å²) in [5.41, 5.74) is 2.92. The van der Waals surface area contributed by atoms with Crippen molar-refractivity contribution in [3.63, 3.8) is 0 Å². The molecule has 0 saturated carbocycles. The van der Waals surface area contributed by atoms with Crippen LogP contribution in [0.15, 0.2) is 29.6 Å². The summed E-state index contributed by atoms with van der Waals surface area (Å²) in [5.74, 6) is 0.573. The van der Waals surface area contributed by atoms with Crippen LogP contribution in [0.3, 0.4) is 0 Å². The average molecular weight is 327 g/mol. The fourth-order valence-electron chi connectivity index (χ4n) is 3.98. The molecule has 0 unspecified atom stereocenters. The normalized spacial score (nSPS) is 19.3. The van der Waals surface area contributed by atoms with Gasteiger partial charge in [0.1, 0.15) is 0 Å². The number of nitrogens with zero attached hydrogens (tertiary/aromatic N) is 5. The predicted molar refractivity (Wildman–Crippen MR) is 91.7 cm³/mol. The first-order chi connectivity index (χ1) is 11.8. The summed E-state index contributed by atoms with van der Waals surface area (Å²) >= 11 is 0. The van der Waals surface area contributed by atoms with Crippen LogP contribution in [0, 0.1) is 5.92 Å². The zero-order chi connectivity index (χ0) is 16.4. The molecule has 0 amide bonds. The molecule has 2 aliphatic heterocycles. The molecule has 128 valence electrons. The monoisotopic (exact) mass is 327 g/mol. The van der Waals surface area contributed by atoms with E-state index < -0.39 is 0 Å². The molecule has 24 heavy (non-hydrogen) atoms. The Kier molecular flexibility index (Phi) is 4.47. The van der Waals surface area contributed by atoms with Gasteiger partial charge in [-0.05, 0) is 51.1 Å². The number of fused-ring (bicyclic) bond motifs is 1. The lowest BCUT2D eigenvalue weighted by Crippen LogP contribution is -2.36. The largest absolute Gasteiger partial charge is 0.299 e. The molecule has 2 aliphatic rings. The highest BCUT2D eigenvalue weighted by Gasteiger charge is 2.22. The van der Waals surface area contributed by atoms with Gasteiger partial charge in [-0.15, -0.1) is 0 Å². The van der Waals surface area contributed by atoms with Crippen LogP contribution in [0.2, 0.25) is 0 Å². The second kappa shape index (κ2) is 6.89. The maximum atomic E-state index is 11.8. The number of aromatic nitrogens is 4. The zero-order valence-corrected chi connectivity index (χ0v) is 14.1. The number of piperidine rings is 1. The summed E-state index contributed by atoms with van der Waals surface area (Å²) in [7, 11) is 0. The molecule has 1 fully saturated rings. The van der Waals surface area contributed by atoms with Crippen molar-refractivity contribution in [3.8, 4) is 0 Å². The van der Waals surface area contributed by atoms with Gasteiger partial charge in [-0.1, -0.05) is 0 Å². The Morgan fingerprint density at radius 2 is 2.04 bits per heavy atom. The van der Waals surface area contributed by atoms with Gasteiger partial charge in [0.05, 0.1) is 12.5 Å². The van der Waals surface area contributed by atoms with Gasteiger partial charge in [-0.2, -0.15) is 5.10 Å². The molecular weight excluding hydrogens is 302 g/mol. The highest BCUT2D eigenvalue weighted by molar-refractivity contribution is 5.19. The maximum Gasteiger partial charge on any atom is 0.253 e. The van der Waals surface area contributed by atoms with Crippen molar-refractivity contribution in [1.29, 1.82) is 0 Å². The van der Waals surface area contributed by atoms with E-state index in [1.54, 1.807) is 23.2 Å². The first kappa shape index (κ1) is 15.6. The van der Waals surface area contributed by atoms with Gasteiger partial charge < -0.3 is 0 Å². The number of aryl methyl sites for hydroxylation is 1. The van der Waals surface area contributed by atoms with Gasteiger partial charge in [-0.3, -0.25) is 18.9 Å². The molecule has 0 atom stereocenters. The average Bonchev–Trinajstić information content (AvgIpc) is 3.02. The van der Waals surface area contributed by atoms with Crippen LogP contribution in [-0.4, -0.2) is 37.3 Å². The van der Waals surface area contributed by atoms with Crippen molar-refractivity contribution in [2.45, 2.75) is 51.7 Å². The first-order valence-electron chi connectivity index (χ1n) is 9.06. The minimum Gasteiger partial charge on any atom is -0.299 e. The molecule has 0 aliphatic carbocycles. The lowest BCUT2D eigenvalue weighted by Gasteiger charge is -2.32. The molecule has 6 heteroatoms. The summed E-state index contributed by atoms with van der Waals surface area (Å²) in [5, 5.41) is 4.55. The Morgan fingerprint density at radius 3 is 2.88 bits per heavy atom. The molecule has 6 nitrogen and oxygen atoms in total. The zero-order valence-electron chi connectivity index (χ0n) is 14.1. The Morgan fingerprint density at radius 1 is 1.17 bits per heavy atom. The van der Waals surface area contributed by atoms with Crippen molar-refractivity contribution < 1.29 is 0 Å². The van der Waals surface area contributed by atoms with Crippen molar-refractivity contribution in [2.75, 3.05) is 13.1 Å². The Bertz CT molecular complexity index is 742. The highest BCUT2D eigenvalue weighted by Crippen LogP contribution is 2.23. The number of likely N-dealkylation sites (tertiary alicyclic amines) is 1. The van der Waals surface area contributed by atoms with Crippen molar-refractivity contribution in [2.24, 2.45) is 5.92 Å². The molecule has 0 spiro atoms. The molecule has 2 aromatic heterocycles.